The molecule has 3 rings (SSSR count). The van der Waals surface area contributed by atoms with Gasteiger partial charge in [-0.1, -0.05) is 12.1 Å². The SMILES string of the molecule is CCn1c(=O)cc(OCC(=O)Nc2cc(OC)c(OC)c(OC)c2)c2ccccc21. The van der Waals surface area contributed by atoms with Crippen LogP contribution in [0.25, 0.3) is 10.9 Å². The molecule has 0 fully saturated rings. The van der Waals surface area contributed by atoms with E-state index >= 15 is 0 Å². The van der Waals surface area contributed by atoms with Crippen LogP contribution in [-0.2, 0) is 11.3 Å². The minimum Gasteiger partial charge on any atom is -0.493 e. The summed E-state index contributed by atoms with van der Waals surface area (Å²) in [5.74, 6) is 1.23. The van der Waals surface area contributed by atoms with Crippen LogP contribution in [0.2, 0.25) is 0 Å². The standard InChI is InChI=1S/C22H24N2O6/c1-5-24-16-9-7-6-8-15(16)17(12-21(24)26)30-13-20(25)23-14-10-18(27-2)22(29-4)19(11-14)28-3/h6-12H,5,13H2,1-4H3,(H,23,25). The molecule has 30 heavy (non-hydrogen) atoms. The molecule has 8 heteroatoms. The average Bonchev–Trinajstić information content (AvgIpc) is 2.76. The van der Waals surface area contributed by atoms with Gasteiger partial charge in [0.25, 0.3) is 11.5 Å². The van der Waals surface area contributed by atoms with Gasteiger partial charge >= 0.3 is 0 Å². The summed E-state index contributed by atoms with van der Waals surface area (Å²) < 4.78 is 23.2. The number of hydrogen-bond acceptors (Lipinski definition) is 6. The fourth-order valence-electron chi connectivity index (χ4n) is 3.24. The van der Waals surface area contributed by atoms with Gasteiger partial charge in [-0.05, 0) is 19.1 Å². The highest BCUT2D eigenvalue weighted by Crippen LogP contribution is 2.39. The first-order valence-corrected chi connectivity index (χ1v) is 9.37. The van der Waals surface area contributed by atoms with E-state index in [0.29, 0.717) is 35.2 Å². The number of aryl methyl sites for hydroxylation is 1. The largest absolute Gasteiger partial charge is 0.493 e. The zero-order valence-corrected chi connectivity index (χ0v) is 17.4. The van der Waals surface area contributed by atoms with Gasteiger partial charge in [-0.15, -0.1) is 0 Å². The molecular formula is C22H24N2O6. The molecule has 0 aliphatic rings. The molecule has 1 N–H and O–H groups in total. The lowest BCUT2D eigenvalue weighted by Gasteiger charge is -2.15. The highest BCUT2D eigenvalue weighted by atomic mass is 16.5. The molecule has 2 aromatic carbocycles. The maximum atomic E-state index is 12.5. The lowest BCUT2D eigenvalue weighted by Crippen LogP contribution is -2.23. The number of benzene rings is 2. The molecule has 1 aromatic heterocycles. The van der Waals surface area contributed by atoms with E-state index < -0.39 is 5.91 Å². The predicted molar refractivity (Wildman–Crippen MR) is 114 cm³/mol. The van der Waals surface area contributed by atoms with Crippen LogP contribution in [0.3, 0.4) is 0 Å². The molecule has 0 radical (unpaired) electrons. The minimum absolute atomic E-state index is 0.184. The van der Waals surface area contributed by atoms with Gasteiger partial charge in [0.15, 0.2) is 18.1 Å². The molecule has 3 aromatic rings. The lowest BCUT2D eigenvalue weighted by molar-refractivity contribution is -0.118. The fourth-order valence-corrected chi connectivity index (χ4v) is 3.24. The molecule has 8 nitrogen and oxygen atoms in total. The lowest BCUT2D eigenvalue weighted by atomic mass is 10.2. The number of hydrogen-bond donors (Lipinski definition) is 1. The number of nitrogens with one attached hydrogen (secondary N) is 1. The number of para-hydroxylation sites is 1. The number of anilines is 1. The third kappa shape index (κ3) is 4.17. The van der Waals surface area contributed by atoms with Crippen LogP contribution in [0, 0.1) is 0 Å². The molecule has 0 atom stereocenters. The minimum atomic E-state index is -0.395. The number of pyridine rings is 1. The first-order chi connectivity index (χ1) is 14.5. The van der Waals surface area contributed by atoms with E-state index in [4.69, 9.17) is 18.9 Å². The van der Waals surface area contributed by atoms with Gasteiger partial charge in [0.05, 0.1) is 26.8 Å². The second-order valence-electron chi connectivity index (χ2n) is 6.36. The Labute approximate surface area is 173 Å². The van der Waals surface area contributed by atoms with E-state index in [-0.39, 0.29) is 12.2 Å². The van der Waals surface area contributed by atoms with Gasteiger partial charge in [-0.2, -0.15) is 0 Å². The van der Waals surface area contributed by atoms with Crippen molar-refractivity contribution in [3.8, 4) is 23.0 Å². The summed E-state index contributed by atoms with van der Waals surface area (Å²) in [5, 5.41) is 3.50. The molecule has 0 aliphatic heterocycles. The molecule has 0 bridgehead atoms. The Morgan fingerprint density at radius 2 is 1.63 bits per heavy atom. The number of fused-ring (bicyclic) bond motifs is 1. The van der Waals surface area contributed by atoms with Crippen LogP contribution >= 0.6 is 0 Å². The third-order valence-electron chi connectivity index (χ3n) is 4.60. The van der Waals surface area contributed by atoms with Gasteiger partial charge in [0.2, 0.25) is 5.75 Å². The van der Waals surface area contributed by atoms with Crippen LogP contribution in [0.15, 0.2) is 47.3 Å². The molecule has 0 saturated carbocycles. The van der Waals surface area contributed by atoms with E-state index in [1.165, 1.54) is 27.4 Å². The molecule has 0 spiro atoms. The Balaban J connectivity index is 1.80. The quantitative estimate of drug-likeness (QED) is 0.612. The molecule has 158 valence electrons. The Kier molecular flexibility index (Phi) is 6.46. The fraction of sp³-hybridized carbons (Fsp3) is 0.273. The van der Waals surface area contributed by atoms with Crippen LogP contribution in [0.4, 0.5) is 5.69 Å². The molecular weight excluding hydrogens is 388 g/mol. The average molecular weight is 412 g/mol. The van der Waals surface area contributed by atoms with Crippen molar-refractivity contribution in [2.75, 3.05) is 33.3 Å². The predicted octanol–water partition coefficient (Wildman–Crippen LogP) is 3.06. The summed E-state index contributed by atoms with van der Waals surface area (Å²) in [6, 6.07) is 12.1. The number of carbonyl (C=O) groups is 1. The summed E-state index contributed by atoms with van der Waals surface area (Å²) in [4.78, 5) is 24.8. The van der Waals surface area contributed by atoms with Crippen molar-refractivity contribution in [3.63, 3.8) is 0 Å². The summed E-state index contributed by atoms with van der Waals surface area (Å²) in [6.07, 6.45) is 0. The van der Waals surface area contributed by atoms with Gasteiger partial charge in [-0.25, -0.2) is 0 Å². The van der Waals surface area contributed by atoms with Crippen LogP contribution in [0.1, 0.15) is 6.92 Å². The maximum absolute atomic E-state index is 12.5. The van der Waals surface area contributed by atoms with Crippen molar-refractivity contribution < 1.29 is 23.7 Å². The number of carbonyl (C=O) groups excluding carboxylic acids is 1. The molecule has 0 aliphatic carbocycles. The van der Waals surface area contributed by atoms with E-state index in [1.54, 1.807) is 16.7 Å². The van der Waals surface area contributed by atoms with Gasteiger partial charge in [0, 0.05) is 35.8 Å². The number of methoxy groups -OCH3 is 3. The number of aromatic nitrogens is 1. The molecule has 0 unspecified atom stereocenters. The van der Waals surface area contributed by atoms with Crippen molar-refractivity contribution in [1.29, 1.82) is 0 Å². The number of rotatable bonds is 8. The maximum Gasteiger partial charge on any atom is 0.262 e. The summed E-state index contributed by atoms with van der Waals surface area (Å²) in [5.41, 5.74) is 1.04. The summed E-state index contributed by atoms with van der Waals surface area (Å²) in [7, 11) is 4.49. The van der Waals surface area contributed by atoms with Crippen molar-refractivity contribution >= 4 is 22.5 Å². The van der Waals surface area contributed by atoms with Crippen LogP contribution in [-0.4, -0.2) is 38.4 Å². The van der Waals surface area contributed by atoms with Crippen LogP contribution < -0.4 is 29.8 Å². The van der Waals surface area contributed by atoms with Gasteiger partial charge in [-0.3, -0.25) is 9.59 Å². The highest BCUT2D eigenvalue weighted by molar-refractivity contribution is 5.93. The third-order valence-corrected chi connectivity index (χ3v) is 4.60. The highest BCUT2D eigenvalue weighted by Gasteiger charge is 2.15. The van der Waals surface area contributed by atoms with Gasteiger partial charge < -0.3 is 28.8 Å². The monoisotopic (exact) mass is 412 g/mol. The Hall–Kier alpha value is -3.68. The van der Waals surface area contributed by atoms with E-state index in [2.05, 4.69) is 5.32 Å². The summed E-state index contributed by atoms with van der Waals surface area (Å²) >= 11 is 0. The first kappa shape index (κ1) is 21.0. The van der Waals surface area contributed by atoms with Crippen molar-refractivity contribution in [2.24, 2.45) is 0 Å². The molecule has 0 saturated heterocycles. The second kappa shape index (κ2) is 9.21. The molecule has 1 amide bonds. The van der Waals surface area contributed by atoms with E-state index in [9.17, 15) is 9.59 Å². The summed E-state index contributed by atoms with van der Waals surface area (Å²) in [6.45, 7) is 2.18. The van der Waals surface area contributed by atoms with Gasteiger partial charge in [0.1, 0.15) is 5.75 Å². The Morgan fingerprint density at radius 1 is 0.967 bits per heavy atom. The smallest absolute Gasteiger partial charge is 0.262 e. The first-order valence-electron chi connectivity index (χ1n) is 9.37. The Bertz CT molecular complexity index is 1100. The molecule has 1 heterocycles. The van der Waals surface area contributed by atoms with Crippen molar-refractivity contribution in [1.82, 2.24) is 4.57 Å². The topological polar surface area (TPSA) is 88.0 Å². The van der Waals surface area contributed by atoms with E-state index in [1.807, 2.05) is 31.2 Å². The van der Waals surface area contributed by atoms with Crippen LogP contribution in [0.5, 0.6) is 23.0 Å². The van der Waals surface area contributed by atoms with Crippen molar-refractivity contribution in [3.05, 3.63) is 52.8 Å². The normalized spacial score (nSPS) is 10.5. The van der Waals surface area contributed by atoms with E-state index in [0.717, 1.165) is 10.9 Å². The second-order valence-corrected chi connectivity index (χ2v) is 6.36. The number of amides is 1. The van der Waals surface area contributed by atoms with Crippen molar-refractivity contribution in [2.45, 2.75) is 13.5 Å². The zero-order chi connectivity index (χ0) is 21.7. The Morgan fingerprint density at radius 3 is 2.23 bits per heavy atom. The number of nitrogens with zero attached hydrogens (tertiary/aromatic N) is 1. The number of ether oxygens (including phenoxy) is 4. The zero-order valence-electron chi connectivity index (χ0n) is 17.4.